The number of hydrogen-bond acceptors (Lipinski definition) is 2. The zero-order valence-electron chi connectivity index (χ0n) is 11.6. The van der Waals surface area contributed by atoms with Crippen molar-refractivity contribution in [3.05, 3.63) is 70.2 Å². The fourth-order valence-corrected chi connectivity index (χ4v) is 2.77. The van der Waals surface area contributed by atoms with Crippen molar-refractivity contribution >= 4 is 17.5 Å². The second kappa shape index (κ2) is 6.29. The number of hydrogen-bond donors (Lipinski definition) is 2. The number of amides is 1. The van der Waals surface area contributed by atoms with Gasteiger partial charge in [-0.3, -0.25) is 4.79 Å². The Labute approximate surface area is 129 Å². The molecule has 1 heterocycles. The SMILES string of the molecule is O=C(NCc1ccc(Cl)cc1)C1CNCc2ccccc21. The third kappa shape index (κ3) is 3.26. The van der Waals surface area contributed by atoms with Crippen LogP contribution >= 0.6 is 11.6 Å². The largest absolute Gasteiger partial charge is 0.351 e. The standard InChI is InChI=1S/C17H17ClN2O/c18-14-7-5-12(6-8-14)9-20-17(21)16-11-19-10-13-3-1-2-4-15(13)16/h1-8,16,19H,9-11H2,(H,20,21). The van der Waals surface area contributed by atoms with Crippen LogP contribution in [-0.2, 0) is 17.9 Å². The summed E-state index contributed by atoms with van der Waals surface area (Å²) in [6.45, 7) is 2.04. The lowest BCUT2D eigenvalue weighted by Gasteiger charge is -2.25. The molecule has 1 amide bonds. The Morgan fingerprint density at radius 3 is 2.76 bits per heavy atom. The molecule has 0 fully saturated rings. The zero-order valence-corrected chi connectivity index (χ0v) is 12.4. The monoisotopic (exact) mass is 300 g/mol. The lowest BCUT2D eigenvalue weighted by molar-refractivity contribution is -0.122. The highest BCUT2D eigenvalue weighted by atomic mass is 35.5. The van der Waals surface area contributed by atoms with Crippen LogP contribution in [-0.4, -0.2) is 12.5 Å². The summed E-state index contributed by atoms with van der Waals surface area (Å²) in [5, 5.41) is 7.01. The van der Waals surface area contributed by atoms with E-state index in [0.29, 0.717) is 18.1 Å². The molecule has 1 aliphatic heterocycles. The van der Waals surface area contributed by atoms with Crippen molar-refractivity contribution in [2.45, 2.75) is 19.0 Å². The molecule has 3 nitrogen and oxygen atoms in total. The van der Waals surface area contributed by atoms with E-state index in [1.54, 1.807) is 0 Å². The Morgan fingerprint density at radius 2 is 1.95 bits per heavy atom. The van der Waals surface area contributed by atoms with Gasteiger partial charge >= 0.3 is 0 Å². The maximum absolute atomic E-state index is 12.4. The maximum Gasteiger partial charge on any atom is 0.229 e. The van der Waals surface area contributed by atoms with Crippen molar-refractivity contribution in [2.24, 2.45) is 0 Å². The highest BCUT2D eigenvalue weighted by molar-refractivity contribution is 6.30. The predicted octanol–water partition coefficient (Wildman–Crippen LogP) is 2.84. The predicted molar refractivity (Wildman–Crippen MR) is 84.2 cm³/mol. The van der Waals surface area contributed by atoms with Crippen LogP contribution < -0.4 is 10.6 Å². The number of benzene rings is 2. The average Bonchev–Trinajstić information content (AvgIpc) is 2.53. The van der Waals surface area contributed by atoms with Crippen LogP contribution in [0.4, 0.5) is 0 Å². The third-order valence-electron chi connectivity index (χ3n) is 3.79. The smallest absolute Gasteiger partial charge is 0.229 e. The fraction of sp³-hybridized carbons (Fsp3) is 0.235. The van der Waals surface area contributed by atoms with Gasteiger partial charge in [0.1, 0.15) is 0 Å². The minimum atomic E-state index is -0.123. The van der Waals surface area contributed by atoms with Crippen LogP contribution in [0.1, 0.15) is 22.6 Å². The van der Waals surface area contributed by atoms with Crippen molar-refractivity contribution < 1.29 is 4.79 Å². The number of carbonyl (C=O) groups is 1. The number of rotatable bonds is 3. The first-order valence-electron chi connectivity index (χ1n) is 7.05. The van der Waals surface area contributed by atoms with E-state index >= 15 is 0 Å². The van der Waals surface area contributed by atoms with Crippen molar-refractivity contribution in [2.75, 3.05) is 6.54 Å². The summed E-state index contributed by atoms with van der Waals surface area (Å²) in [6.07, 6.45) is 0. The molecule has 21 heavy (non-hydrogen) atoms. The first-order chi connectivity index (χ1) is 10.2. The molecule has 0 aliphatic carbocycles. The van der Waals surface area contributed by atoms with Gasteiger partial charge in [0, 0.05) is 24.7 Å². The normalized spacial score (nSPS) is 17.1. The van der Waals surface area contributed by atoms with E-state index in [1.165, 1.54) is 5.56 Å². The molecule has 1 aliphatic rings. The molecule has 2 aromatic rings. The van der Waals surface area contributed by atoms with Crippen LogP contribution in [0.3, 0.4) is 0 Å². The molecule has 0 aromatic heterocycles. The molecule has 3 rings (SSSR count). The molecule has 0 saturated heterocycles. The van der Waals surface area contributed by atoms with Gasteiger partial charge in [0.15, 0.2) is 0 Å². The van der Waals surface area contributed by atoms with E-state index in [0.717, 1.165) is 17.7 Å². The summed E-state index contributed by atoms with van der Waals surface area (Å²) >= 11 is 5.86. The minimum Gasteiger partial charge on any atom is -0.351 e. The summed E-state index contributed by atoms with van der Waals surface area (Å²) in [6, 6.07) is 15.6. The van der Waals surface area contributed by atoms with Gasteiger partial charge in [-0.1, -0.05) is 48.0 Å². The molecule has 1 unspecified atom stereocenters. The molecule has 108 valence electrons. The van der Waals surface area contributed by atoms with Crippen molar-refractivity contribution in [1.29, 1.82) is 0 Å². The summed E-state index contributed by atoms with van der Waals surface area (Å²) in [7, 11) is 0. The summed E-state index contributed by atoms with van der Waals surface area (Å²) in [5.41, 5.74) is 3.38. The molecule has 4 heteroatoms. The van der Waals surface area contributed by atoms with Gasteiger partial charge in [-0.15, -0.1) is 0 Å². The Kier molecular flexibility index (Phi) is 4.23. The molecule has 0 saturated carbocycles. The zero-order chi connectivity index (χ0) is 14.7. The van der Waals surface area contributed by atoms with Crippen molar-refractivity contribution in [1.82, 2.24) is 10.6 Å². The van der Waals surface area contributed by atoms with E-state index in [1.807, 2.05) is 42.5 Å². The fourth-order valence-electron chi connectivity index (χ4n) is 2.64. The van der Waals surface area contributed by atoms with Gasteiger partial charge < -0.3 is 10.6 Å². The molecule has 2 N–H and O–H groups in total. The topological polar surface area (TPSA) is 41.1 Å². The van der Waals surface area contributed by atoms with Crippen LogP contribution in [0.15, 0.2) is 48.5 Å². The summed E-state index contributed by atoms with van der Waals surface area (Å²) < 4.78 is 0. The highest BCUT2D eigenvalue weighted by Gasteiger charge is 2.25. The molecular formula is C17H17ClN2O. The van der Waals surface area contributed by atoms with Gasteiger partial charge in [-0.2, -0.15) is 0 Å². The molecular weight excluding hydrogens is 284 g/mol. The minimum absolute atomic E-state index is 0.0598. The van der Waals surface area contributed by atoms with Crippen LogP contribution in [0.5, 0.6) is 0 Å². The number of halogens is 1. The Bertz CT molecular complexity index is 639. The van der Waals surface area contributed by atoms with E-state index < -0.39 is 0 Å². The van der Waals surface area contributed by atoms with Gasteiger partial charge in [0.2, 0.25) is 5.91 Å². The third-order valence-corrected chi connectivity index (χ3v) is 4.04. The molecule has 0 radical (unpaired) electrons. The first-order valence-corrected chi connectivity index (χ1v) is 7.42. The number of fused-ring (bicyclic) bond motifs is 1. The molecule has 0 spiro atoms. The summed E-state index contributed by atoms with van der Waals surface area (Å²) in [5.74, 6) is -0.0631. The first kappa shape index (κ1) is 14.1. The van der Waals surface area contributed by atoms with E-state index in [2.05, 4.69) is 16.7 Å². The van der Waals surface area contributed by atoms with Gasteiger partial charge in [-0.25, -0.2) is 0 Å². The van der Waals surface area contributed by atoms with Gasteiger partial charge in [0.05, 0.1) is 5.92 Å². The molecule has 1 atom stereocenters. The second-order valence-corrected chi connectivity index (χ2v) is 5.66. The van der Waals surface area contributed by atoms with Crippen molar-refractivity contribution in [3.63, 3.8) is 0 Å². The molecule has 2 aromatic carbocycles. The van der Waals surface area contributed by atoms with Crippen LogP contribution in [0.2, 0.25) is 5.02 Å². The number of carbonyl (C=O) groups excluding carboxylic acids is 1. The number of nitrogens with one attached hydrogen (secondary N) is 2. The van der Waals surface area contributed by atoms with E-state index in [9.17, 15) is 4.79 Å². The van der Waals surface area contributed by atoms with E-state index in [4.69, 9.17) is 11.6 Å². The van der Waals surface area contributed by atoms with Crippen LogP contribution in [0.25, 0.3) is 0 Å². The lowest BCUT2D eigenvalue weighted by atomic mass is 9.90. The Hall–Kier alpha value is -1.84. The highest BCUT2D eigenvalue weighted by Crippen LogP contribution is 2.23. The second-order valence-electron chi connectivity index (χ2n) is 5.23. The van der Waals surface area contributed by atoms with Gasteiger partial charge in [-0.05, 0) is 28.8 Å². The Balaban J connectivity index is 1.68. The molecule has 0 bridgehead atoms. The van der Waals surface area contributed by atoms with Crippen LogP contribution in [0, 0.1) is 0 Å². The Morgan fingerprint density at radius 1 is 1.19 bits per heavy atom. The van der Waals surface area contributed by atoms with Crippen molar-refractivity contribution in [3.8, 4) is 0 Å². The van der Waals surface area contributed by atoms with E-state index in [-0.39, 0.29) is 11.8 Å². The lowest BCUT2D eigenvalue weighted by Crippen LogP contribution is -2.38. The quantitative estimate of drug-likeness (QED) is 0.915. The summed E-state index contributed by atoms with van der Waals surface area (Å²) in [4.78, 5) is 12.4. The van der Waals surface area contributed by atoms with Gasteiger partial charge in [0.25, 0.3) is 0 Å². The average molecular weight is 301 g/mol. The maximum atomic E-state index is 12.4.